The molecule has 0 radical (unpaired) electrons. The Balaban J connectivity index is 1.77. The van der Waals surface area contributed by atoms with Gasteiger partial charge in [0.1, 0.15) is 10.8 Å². The lowest BCUT2D eigenvalue weighted by molar-refractivity contribution is -0.116. The van der Waals surface area contributed by atoms with Crippen LogP contribution in [-0.2, 0) is 22.4 Å². The number of methoxy groups -OCH3 is 1. The molecular weight excluding hydrogens is 514 g/mol. The largest absolute Gasteiger partial charge is 0.465 e. The highest BCUT2D eigenvalue weighted by molar-refractivity contribution is 9.10. The minimum Gasteiger partial charge on any atom is -0.465 e. The number of nitriles is 1. The summed E-state index contributed by atoms with van der Waals surface area (Å²) < 4.78 is 6.09. The maximum absolute atomic E-state index is 13.3. The van der Waals surface area contributed by atoms with E-state index in [1.807, 2.05) is 29.2 Å². The molecule has 0 bridgehead atoms. The van der Waals surface area contributed by atoms with Gasteiger partial charge in [0.25, 0.3) is 0 Å². The zero-order valence-electron chi connectivity index (χ0n) is 18.8. The summed E-state index contributed by atoms with van der Waals surface area (Å²) in [6, 6.07) is 9.95. The molecule has 2 heterocycles. The molecule has 5 rings (SSSR count). The van der Waals surface area contributed by atoms with Crippen molar-refractivity contribution in [3.63, 3.8) is 0 Å². The Bertz CT molecular complexity index is 1300. The van der Waals surface area contributed by atoms with E-state index < -0.39 is 11.9 Å². The third kappa shape index (κ3) is 3.58. The average Bonchev–Trinajstić information content (AvgIpc) is 3.22. The van der Waals surface area contributed by atoms with Crippen LogP contribution in [-0.4, -0.2) is 18.9 Å². The number of Topliss-reactive ketones (excluding diaryl/α,β-unsaturated/α-hetero) is 1. The maximum atomic E-state index is 13.3. The van der Waals surface area contributed by atoms with E-state index in [1.54, 1.807) is 0 Å². The van der Waals surface area contributed by atoms with E-state index in [4.69, 9.17) is 10.5 Å². The minimum absolute atomic E-state index is 0.0281. The fourth-order valence-corrected chi connectivity index (χ4v) is 7.01. The Morgan fingerprint density at radius 2 is 1.91 bits per heavy atom. The second-order valence-electron chi connectivity index (χ2n) is 8.75. The number of hydrogen-bond donors (Lipinski definition) is 1. The highest BCUT2D eigenvalue weighted by Gasteiger charge is 2.42. The van der Waals surface area contributed by atoms with Crippen molar-refractivity contribution in [2.75, 3.05) is 12.0 Å². The summed E-state index contributed by atoms with van der Waals surface area (Å²) >= 11 is 4.99. The van der Waals surface area contributed by atoms with Gasteiger partial charge in [0, 0.05) is 27.0 Å². The summed E-state index contributed by atoms with van der Waals surface area (Å²) in [5.74, 6) is -0.610. The Morgan fingerprint density at radius 3 is 2.62 bits per heavy atom. The van der Waals surface area contributed by atoms with Crippen molar-refractivity contribution < 1.29 is 14.3 Å². The molecule has 0 spiro atoms. The van der Waals surface area contributed by atoms with E-state index >= 15 is 0 Å². The molecule has 34 heavy (non-hydrogen) atoms. The van der Waals surface area contributed by atoms with Crippen LogP contribution in [0, 0.1) is 11.3 Å². The number of allylic oxidation sites excluding steroid dienone is 3. The van der Waals surface area contributed by atoms with Gasteiger partial charge >= 0.3 is 5.97 Å². The predicted molar refractivity (Wildman–Crippen MR) is 134 cm³/mol. The number of ether oxygens (including phenoxy) is 1. The van der Waals surface area contributed by atoms with Crippen LogP contribution >= 0.6 is 27.3 Å². The van der Waals surface area contributed by atoms with E-state index in [2.05, 4.69) is 22.0 Å². The van der Waals surface area contributed by atoms with Gasteiger partial charge in [0.2, 0.25) is 0 Å². The van der Waals surface area contributed by atoms with Crippen molar-refractivity contribution in [3.05, 3.63) is 73.0 Å². The average molecular weight is 538 g/mol. The zero-order valence-corrected chi connectivity index (χ0v) is 21.2. The van der Waals surface area contributed by atoms with Crippen molar-refractivity contribution in [1.82, 2.24) is 0 Å². The van der Waals surface area contributed by atoms with E-state index in [9.17, 15) is 14.9 Å². The second kappa shape index (κ2) is 9.05. The quantitative estimate of drug-likeness (QED) is 0.520. The molecule has 0 amide bonds. The standard InChI is InChI=1S/C26H24BrN3O3S/c1-33-26(32)22-16-5-2-3-8-20(16)34-25(22)30-18-6-4-7-19(31)23(18)21(17(13-28)24(30)29)14-9-11-15(27)12-10-14/h9-12,21H,2-8,29H2,1H3/t21-/m1/s1. The van der Waals surface area contributed by atoms with Crippen LogP contribution in [0.25, 0.3) is 0 Å². The van der Waals surface area contributed by atoms with E-state index in [0.29, 0.717) is 41.0 Å². The van der Waals surface area contributed by atoms with Crippen LogP contribution in [0.3, 0.4) is 0 Å². The Morgan fingerprint density at radius 1 is 1.18 bits per heavy atom. The number of benzene rings is 1. The van der Waals surface area contributed by atoms with Crippen LogP contribution in [0.4, 0.5) is 5.00 Å². The molecule has 2 aliphatic carbocycles. The summed E-state index contributed by atoms with van der Waals surface area (Å²) in [6.45, 7) is 0. The fourth-order valence-electron chi connectivity index (χ4n) is 5.33. The summed E-state index contributed by atoms with van der Waals surface area (Å²) in [4.78, 5) is 29.3. The highest BCUT2D eigenvalue weighted by atomic mass is 79.9. The first-order valence-electron chi connectivity index (χ1n) is 11.4. The number of rotatable bonds is 3. The SMILES string of the molecule is COC(=O)c1c(N2C(N)=C(C#N)[C@@H](c3ccc(Br)cc3)C3=C2CCCC3=O)sc2c1CCCC2. The van der Waals surface area contributed by atoms with E-state index in [1.165, 1.54) is 18.4 Å². The smallest absolute Gasteiger partial charge is 0.341 e. The molecule has 2 N–H and O–H groups in total. The van der Waals surface area contributed by atoms with Gasteiger partial charge in [0.05, 0.1) is 30.2 Å². The Hall–Kier alpha value is -2.89. The molecule has 6 nitrogen and oxygen atoms in total. The summed E-state index contributed by atoms with van der Waals surface area (Å²) in [5.41, 5.74) is 10.9. The number of nitrogens with two attached hydrogens (primary N) is 1. The van der Waals surface area contributed by atoms with Crippen LogP contribution < -0.4 is 10.6 Å². The van der Waals surface area contributed by atoms with Crippen molar-refractivity contribution in [1.29, 1.82) is 5.26 Å². The normalized spacial score (nSPS) is 20.1. The summed E-state index contributed by atoms with van der Waals surface area (Å²) in [7, 11) is 1.38. The molecule has 2 aromatic rings. The van der Waals surface area contributed by atoms with Gasteiger partial charge in [-0.25, -0.2) is 4.79 Å². The number of carbonyl (C=O) groups excluding carboxylic acids is 2. The lowest BCUT2D eigenvalue weighted by Crippen LogP contribution is -2.39. The first-order valence-corrected chi connectivity index (χ1v) is 13.0. The highest BCUT2D eigenvalue weighted by Crippen LogP contribution is 2.50. The Kier molecular flexibility index (Phi) is 6.09. The molecule has 3 aliphatic rings. The van der Waals surface area contributed by atoms with Gasteiger partial charge in [-0.3, -0.25) is 9.69 Å². The third-order valence-electron chi connectivity index (χ3n) is 6.86. The molecule has 0 saturated heterocycles. The number of esters is 1. The molecule has 8 heteroatoms. The number of aryl methyl sites for hydroxylation is 1. The zero-order chi connectivity index (χ0) is 24.0. The predicted octanol–water partition coefficient (Wildman–Crippen LogP) is 5.48. The molecule has 0 fully saturated rings. The monoisotopic (exact) mass is 537 g/mol. The van der Waals surface area contributed by atoms with Crippen molar-refractivity contribution in [2.45, 2.75) is 50.9 Å². The number of thiophene rings is 1. The van der Waals surface area contributed by atoms with Crippen molar-refractivity contribution in [2.24, 2.45) is 5.73 Å². The number of ketones is 1. The first kappa shape index (κ1) is 22.9. The van der Waals surface area contributed by atoms with Crippen LogP contribution in [0.1, 0.15) is 64.4 Å². The van der Waals surface area contributed by atoms with Crippen molar-refractivity contribution >= 4 is 44.0 Å². The van der Waals surface area contributed by atoms with E-state index in [-0.39, 0.29) is 11.6 Å². The maximum Gasteiger partial charge on any atom is 0.341 e. The number of fused-ring (bicyclic) bond motifs is 1. The van der Waals surface area contributed by atoms with Gasteiger partial charge < -0.3 is 10.5 Å². The fraction of sp³-hybridized carbons (Fsp3) is 0.346. The number of nitrogens with zero attached hydrogens (tertiary/aromatic N) is 2. The van der Waals surface area contributed by atoms with Crippen LogP contribution in [0.2, 0.25) is 0 Å². The van der Waals surface area contributed by atoms with Crippen molar-refractivity contribution in [3.8, 4) is 6.07 Å². The van der Waals surface area contributed by atoms with Crippen LogP contribution in [0.5, 0.6) is 0 Å². The molecule has 1 aromatic heterocycles. The Labute approximate surface area is 210 Å². The van der Waals surface area contributed by atoms with Gasteiger partial charge in [0.15, 0.2) is 5.78 Å². The summed E-state index contributed by atoms with van der Waals surface area (Å²) in [5, 5.41) is 10.9. The molecular formula is C26H24BrN3O3S. The van der Waals surface area contributed by atoms with Crippen LogP contribution in [0.15, 0.2) is 51.4 Å². The molecule has 1 aromatic carbocycles. The lowest BCUT2D eigenvalue weighted by Gasteiger charge is -2.39. The first-order chi connectivity index (χ1) is 16.5. The number of carbonyl (C=O) groups is 2. The number of halogens is 1. The molecule has 0 saturated carbocycles. The molecule has 174 valence electrons. The molecule has 0 unspecified atom stereocenters. The number of hydrogen-bond acceptors (Lipinski definition) is 7. The van der Waals surface area contributed by atoms with Gasteiger partial charge in [-0.2, -0.15) is 5.26 Å². The van der Waals surface area contributed by atoms with E-state index in [0.717, 1.165) is 51.9 Å². The van der Waals surface area contributed by atoms with Gasteiger partial charge in [-0.15, -0.1) is 11.3 Å². The third-order valence-corrected chi connectivity index (χ3v) is 8.67. The minimum atomic E-state index is -0.520. The topological polar surface area (TPSA) is 96.4 Å². The summed E-state index contributed by atoms with van der Waals surface area (Å²) in [6.07, 6.45) is 5.58. The second-order valence-corrected chi connectivity index (χ2v) is 10.7. The molecule has 1 atom stereocenters. The van der Waals surface area contributed by atoms with Gasteiger partial charge in [-0.1, -0.05) is 28.1 Å². The molecule has 1 aliphatic heterocycles. The lowest BCUT2D eigenvalue weighted by atomic mass is 9.75. The number of anilines is 1. The van der Waals surface area contributed by atoms with Gasteiger partial charge in [-0.05, 0) is 61.8 Å².